The quantitative estimate of drug-likeness (QED) is 0.595. The van der Waals surface area contributed by atoms with Crippen LogP contribution < -0.4 is 10.2 Å². The lowest BCUT2D eigenvalue weighted by Crippen LogP contribution is -2.60. The topological polar surface area (TPSA) is 75.7 Å². The number of ether oxygens (including phenoxy) is 1. The zero-order valence-corrected chi connectivity index (χ0v) is 17.1. The molecule has 6 nitrogen and oxygen atoms in total. The summed E-state index contributed by atoms with van der Waals surface area (Å²) in [5.41, 5.74) is -0.113. The van der Waals surface area contributed by atoms with E-state index in [1.54, 1.807) is 56.3 Å². The van der Waals surface area contributed by atoms with Crippen molar-refractivity contribution in [1.29, 1.82) is 0 Å². The molecule has 0 aliphatic carbocycles. The van der Waals surface area contributed by atoms with E-state index in [2.05, 4.69) is 5.32 Å². The third-order valence-electron chi connectivity index (χ3n) is 4.57. The number of halogens is 1. The van der Waals surface area contributed by atoms with Gasteiger partial charge >= 0.3 is 5.97 Å². The van der Waals surface area contributed by atoms with Gasteiger partial charge in [0.05, 0.1) is 17.1 Å². The SMILES string of the molecule is C[C@H](OC(=O)CSc1ccccc1F)C(=O)N1c2ccccc2NC(=O)C1(C)C. The Morgan fingerprint density at radius 2 is 1.83 bits per heavy atom. The van der Waals surface area contributed by atoms with Crippen LogP contribution in [0.2, 0.25) is 0 Å². The molecule has 0 aromatic heterocycles. The Kier molecular flexibility index (Phi) is 5.93. The molecule has 2 amide bonds. The molecule has 2 aromatic rings. The molecule has 8 heteroatoms. The maximum Gasteiger partial charge on any atom is 0.317 e. The van der Waals surface area contributed by atoms with Crippen molar-refractivity contribution >= 4 is 40.9 Å². The monoisotopic (exact) mass is 416 g/mol. The standard InChI is InChI=1S/C21H21FN2O4S/c1-13(28-18(25)12-29-17-11-7-4-8-14(17)22)19(26)24-16-10-6-5-9-15(16)23-20(27)21(24,2)3/h4-11,13H,12H2,1-3H3,(H,23,27)/t13-/m0/s1. The van der Waals surface area contributed by atoms with Crippen molar-refractivity contribution in [2.75, 3.05) is 16.0 Å². The van der Waals surface area contributed by atoms with Crippen LogP contribution in [0, 0.1) is 5.82 Å². The predicted molar refractivity (Wildman–Crippen MR) is 109 cm³/mol. The van der Waals surface area contributed by atoms with Crippen LogP contribution in [0.3, 0.4) is 0 Å². The highest BCUT2D eigenvalue weighted by Gasteiger charge is 2.45. The number of hydrogen-bond donors (Lipinski definition) is 1. The molecule has 152 valence electrons. The van der Waals surface area contributed by atoms with Crippen LogP contribution in [0.5, 0.6) is 0 Å². The first-order valence-corrected chi connectivity index (χ1v) is 10.0. The van der Waals surface area contributed by atoms with Crippen LogP contribution in [0.25, 0.3) is 0 Å². The van der Waals surface area contributed by atoms with Crippen molar-refractivity contribution in [3.05, 3.63) is 54.3 Å². The van der Waals surface area contributed by atoms with Crippen molar-refractivity contribution in [3.8, 4) is 0 Å². The van der Waals surface area contributed by atoms with Gasteiger partial charge in [0, 0.05) is 4.90 Å². The first-order valence-electron chi connectivity index (χ1n) is 9.03. The van der Waals surface area contributed by atoms with E-state index in [4.69, 9.17) is 4.74 Å². The minimum Gasteiger partial charge on any atom is -0.452 e. The maximum atomic E-state index is 13.7. The van der Waals surface area contributed by atoms with E-state index < -0.39 is 29.3 Å². The summed E-state index contributed by atoms with van der Waals surface area (Å²) in [5, 5.41) is 2.78. The van der Waals surface area contributed by atoms with Crippen LogP contribution in [-0.4, -0.2) is 35.2 Å². The van der Waals surface area contributed by atoms with Gasteiger partial charge < -0.3 is 10.1 Å². The number of carbonyl (C=O) groups excluding carboxylic acids is 3. The summed E-state index contributed by atoms with van der Waals surface area (Å²) in [6, 6.07) is 13.0. The second kappa shape index (κ2) is 8.24. The van der Waals surface area contributed by atoms with Crippen molar-refractivity contribution < 1.29 is 23.5 Å². The van der Waals surface area contributed by atoms with Gasteiger partial charge in [-0.1, -0.05) is 24.3 Å². The first-order chi connectivity index (χ1) is 13.7. The minimum absolute atomic E-state index is 0.140. The van der Waals surface area contributed by atoms with Crippen molar-refractivity contribution in [2.24, 2.45) is 0 Å². The molecular formula is C21H21FN2O4S. The van der Waals surface area contributed by atoms with E-state index in [0.717, 1.165) is 11.8 Å². The molecule has 0 saturated heterocycles. The zero-order valence-electron chi connectivity index (χ0n) is 16.3. The molecule has 1 atom stereocenters. The van der Waals surface area contributed by atoms with E-state index in [9.17, 15) is 18.8 Å². The van der Waals surface area contributed by atoms with Crippen molar-refractivity contribution in [3.63, 3.8) is 0 Å². The number of amides is 2. The molecule has 29 heavy (non-hydrogen) atoms. The van der Waals surface area contributed by atoms with Gasteiger partial charge in [-0.3, -0.25) is 19.3 Å². The van der Waals surface area contributed by atoms with Gasteiger partial charge in [0.1, 0.15) is 11.4 Å². The van der Waals surface area contributed by atoms with E-state index >= 15 is 0 Å². The molecule has 1 N–H and O–H groups in total. The van der Waals surface area contributed by atoms with E-state index in [1.165, 1.54) is 17.9 Å². The molecule has 0 radical (unpaired) electrons. The molecule has 0 spiro atoms. The Balaban J connectivity index is 1.71. The van der Waals surface area contributed by atoms with Crippen molar-refractivity contribution in [1.82, 2.24) is 0 Å². The number of rotatable bonds is 5. The maximum absolute atomic E-state index is 13.7. The average Bonchev–Trinajstić information content (AvgIpc) is 2.67. The molecule has 2 aromatic carbocycles. The van der Waals surface area contributed by atoms with E-state index in [0.29, 0.717) is 16.3 Å². The third kappa shape index (κ3) is 4.27. The third-order valence-corrected chi connectivity index (χ3v) is 5.59. The second-order valence-corrected chi connectivity index (χ2v) is 8.07. The van der Waals surface area contributed by atoms with Crippen LogP contribution in [0.4, 0.5) is 15.8 Å². The molecule has 0 fully saturated rings. The Bertz CT molecular complexity index is 963. The second-order valence-electron chi connectivity index (χ2n) is 7.06. The molecular weight excluding hydrogens is 395 g/mol. The van der Waals surface area contributed by atoms with Crippen LogP contribution in [-0.2, 0) is 19.1 Å². The summed E-state index contributed by atoms with van der Waals surface area (Å²) < 4.78 is 18.9. The van der Waals surface area contributed by atoms with E-state index in [1.807, 2.05) is 0 Å². The fourth-order valence-corrected chi connectivity index (χ4v) is 3.73. The van der Waals surface area contributed by atoms with Gasteiger partial charge in [-0.25, -0.2) is 4.39 Å². The smallest absolute Gasteiger partial charge is 0.317 e. The lowest BCUT2D eigenvalue weighted by Gasteiger charge is -2.42. The first kappa shape index (κ1) is 20.9. The molecule has 1 aliphatic rings. The highest BCUT2D eigenvalue weighted by molar-refractivity contribution is 8.00. The highest BCUT2D eigenvalue weighted by atomic mass is 32.2. The fraction of sp³-hybridized carbons (Fsp3) is 0.286. The summed E-state index contributed by atoms with van der Waals surface area (Å²) in [6.07, 6.45) is -1.11. The highest BCUT2D eigenvalue weighted by Crippen LogP contribution is 2.37. The Morgan fingerprint density at radius 1 is 1.17 bits per heavy atom. The number of thioether (sulfide) groups is 1. The molecule has 1 aliphatic heterocycles. The molecule has 0 unspecified atom stereocenters. The Labute approximate surface area is 172 Å². The number of nitrogens with zero attached hydrogens (tertiary/aromatic N) is 1. The predicted octanol–water partition coefficient (Wildman–Crippen LogP) is 3.61. The minimum atomic E-state index is -1.16. The lowest BCUT2D eigenvalue weighted by molar-refractivity contribution is -0.151. The number of carbonyl (C=O) groups is 3. The summed E-state index contributed by atoms with van der Waals surface area (Å²) >= 11 is 0.995. The van der Waals surface area contributed by atoms with Gasteiger partial charge in [0.25, 0.3) is 5.91 Å². The van der Waals surface area contributed by atoms with Gasteiger partial charge in [0.2, 0.25) is 5.91 Å². The fourth-order valence-electron chi connectivity index (χ4n) is 3.01. The summed E-state index contributed by atoms with van der Waals surface area (Å²) in [5.74, 6) is -2.06. The average molecular weight is 416 g/mol. The number of hydrogen-bond acceptors (Lipinski definition) is 5. The normalized spacial score (nSPS) is 15.9. The van der Waals surface area contributed by atoms with Gasteiger partial charge in [-0.05, 0) is 45.0 Å². The number of para-hydroxylation sites is 2. The van der Waals surface area contributed by atoms with Crippen LogP contribution in [0.15, 0.2) is 53.4 Å². The number of esters is 1. The summed E-state index contributed by atoms with van der Waals surface area (Å²) in [7, 11) is 0. The van der Waals surface area contributed by atoms with Crippen molar-refractivity contribution in [2.45, 2.75) is 37.3 Å². The number of fused-ring (bicyclic) bond motifs is 1. The summed E-state index contributed by atoms with van der Waals surface area (Å²) in [4.78, 5) is 39.4. The lowest BCUT2D eigenvalue weighted by atomic mass is 9.95. The van der Waals surface area contributed by atoms with E-state index in [-0.39, 0.29) is 11.7 Å². The van der Waals surface area contributed by atoms with Crippen LogP contribution >= 0.6 is 11.8 Å². The number of benzene rings is 2. The summed E-state index contributed by atoms with van der Waals surface area (Å²) in [6.45, 7) is 4.71. The zero-order chi connectivity index (χ0) is 21.2. The molecule has 3 rings (SSSR count). The van der Waals surface area contributed by atoms with Gasteiger partial charge in [0.15, 0.2) is 6.10 Å². The van der Waals surface area contributed by atoms with Gasteiger partial charge in [-0.2, -0.15) is 0 Å². The Hall–Kier alpha value is -2.87. The molecule has 1 heterocycles. The Morgan fingerprint density at radius 3 is 2.55 bits per heavy atom. The number of nitrogens with one attached hydrogen (secondary N) is 1. The van der Waals surface area contributed by atoms with Crippen LogP contribution in [0.1, 0.15) is 20.8 Å². The molecule has 0 saturated carbocycles. The largest absolute Gasteiger partial charge is 0.452 e. The number of anilines is 2. The van der Waals surface area contributed by atoms with Gasteiger partial charge in [-0.15, -0.1) is 11.8 Å². The molecule has 0 bridgehead atoms.